The van der Waals surface area contributed by atoms with Crippen molar-refractivity contribution < 1.29 is 0 Å². The van der Waals surface area contributed by atoms with Crippen molar-refractivity contribution in [1.82, 2.24) is 15.5 Å². The Morgan fingerprint density at radius 1 is 1.27 bits per heavy atom. The molecule has 0 amide bonds. The van der Waals surface area contributed by atoms with Gasteiger partial charge >= 0.3 is 0 Å². The first-order valence-corrected chi connectivity index (χ1v) is 10.0. The molecule has 0 bridgehead atoms. The van der Waals surface area contributed by atoms with Gasteiger partial charge in [0.05, 0.1) is 0 Å². The van der Waals surface area contributed by atoms with Crippen LogP contribution in [0.4, 0.5) is 0 Å². The van der Waals surface area contributed by atoms with E-state index in [1.165, 1.54) is 31.2 Å². The molecule has 1 aliphatic heterocycles. The summed E-state index contributed by atoms with van der Waals surface area (Å²) in [5, 5.41) is 7.79. The molecule has 4 nitrogen and oxygen atoms in total. The van der Waals surface area contributed by atoms with Crippen LogP contribution in [0.1, 0.15) is 44.2 Å². The number of halogens is 2. The van der Waals surface area contributed by atoms with Crippen LogP contribution in [0.5, 0.6) is 0 Å². The van der Waals surface area contributed by atoms with E-state index < -0.39 is 0 Å². The number of hydrogen-bond acceptors (Lipinski definition) is 2. The molecular weight excluding hydrogens is 459 g/mol. The lowest BCUT2D eigenvalue weighted by atomic mass is 9.85. The second-order valence-corrected chi connectivity index (χ2v) is 7.86. The molecule has 2 unspecified atom stereocenters. The third-order valence-electron chi connectivity index (χ3n) is 5.28. The number of nitrogens with zero attached hydrogens (tertiary/aromatic N) is 2. The first-order valence-electron chi connectivity index (χ1n) is 9.65. The van der Waals surface area contributed by atoms with Crippen molar-refractivity contribution in [3.8, 4) is 0 Å². The van der Waals surface area contributed by atoms with Gasteiger partial charge in [0.25, 0.3) is 0 Å². The molecule has 6 heteroatoms. The van der Waals surface area contributed by atoms with Gasteiger partial charge in [-0.05, 0) is 75.7 Å². The minimum absolute atomic E-state index is 0. The Morgan fingerprint density at radius 3 is 2.77 bits per heavy atom. The summed E-state index contributed by atoms with van der Waals surface area (Å²) in [6.07, 6.45) is 5.16. The Kier molecular flexibility index (Phi) is 8.97. The summed E-state index contributed by atoms with van der Waals surface area (Å²) in [5.41, 5.74) is 1.32. The van der Waals surface area contributed by atoms with Crippen molar-refractivity contribution in [3.05, 3.63) is 34.9 Å². The van der Waals surface area contributed by atoms with Gasteiger partial charge in [0, 0.05) is 30.7 Å². The molecule has 1 aromatic carbocycles. The van der Waals surface area contributed by atoms with Crippen molar-refractivity contribution in [3.63, 3.8) is 0 Å². The van der Waals surface area contributed by atoms with Gasteiger partial charge in [0.1, 0.15) is 0 Å². The first-order chi connectivity index (χ1) is 12.2. The smallest absolute Gasteiger partial charge is 0.191 e. The SMILES string of the molecule is CCNC(=NCC1CC1)NCC1CCCN(C)C1c1cccc(Cl)c1.I. The second-order valence-electron chi connectivity index (χ2n) is 7.43. The number of piperidine rings is 1. The molecule has 1 saturated heterocycles. The van der Waals surface area contributed by atoms with Crippen LogP contribution in [0.25, 0.3) is 0 Å². The number of rotatable bonds is 6. The maximum atomic E-state index is 6.24. The second kappa shape index (κ2) is 10.7. The molecule has 3 rings (SSSR count). The summed E-state index contributed by atoms with van der Waals surface area (Å²) < 4.78 is 0. The van der Waals surface area contributed by atoms with Crippen LogP contribution in [-0.2, 0) is 0 Å². The number of guanidine groups is 1. The summed E-state index contributed by atoms with van der Waals surface area (Å²) >= 11 is 6.24. The number of hydrogen-bond donors (Lipinski definition) is 2. The van der Waals surface area contributed by atoms with Crippen molar-refractivity contribution in [1.29, 1.82) is 0 Å². The van der Waals surface area contributed by atoms with Crippen LogP contribution >= 0.6 is 35.6 Å². The fraction of sp³-hybridized carbons (Fsp3) is 0.650. The van der Waals surface area contributed by atoms with Crippen LogP contribution in [0, 0.1) is 11.8 Å². The van der Waals surface area contributed by atoms with Gasteiger partial charge in [-0.15, -0.1) is 24.0 Å². The maximum Gasteiger partial charge on any atom is 0.191 e. The molecular formula is C20H32ClIN4. The summed E-state index contributed by atoms with van der Waals surface area (Å²) in [4.78, 5) is 7.22. The Morgan fingerprint density at radius 2 is 2.08 bits per heavy atom. The highest BCUT2D eigenvalue weighted by molar-refractivity contribution is 14.0. The van der Waals surface area contributed by atoms with Crippen molar-refractivity contribution in [2.45, 2.75) is 38.6 Å². The predicted octanol–water partition coefficient (Wildman–Crippen LogP) is 4.31. The third-order valence-corrected chi connectivity index (χ3v) is 5.51. The molecule has 26 heavy (non-hydrogen) atoms. The Balaban J connectivity index is 0.00000243. The van der Waals surface area contributed by atoms with E-state index in [-0.39, 0.29) is 24.0 Å². The quantitative estimate of drug-likeness (QED) is 0.355. The van der Waals surface area contributed by atoms with Crippen LogP contribution in [-0.4, -0.2) is 44.1 Å². The lowest BCUT2D eigenvalue weighted by molar-refractivity contribution is 0.122. The molecule has 1 aliphatic carbocycles. The molecule has 2 atom stereocenters. The maximum absolute atomic E-state index is 6.24. The highest BCUT2D eigenvalue weighted by atomic mass is 127. The molecule has 2 aliphatic rings. The van der Waals surface area contributed by atoms with Gasteiger partial charge < -0.3 is 10.6 Å². The summed E-state index contributed by atoms with van der Waals surface area (Å²) in [7, 11) is 2.23. The monoisotopic (exact) mass is 490 g/mol. The third kappa shape index (κ3) is 6.27. The Bertz CT molecular complexity index is 591. The number of aliphatic imine (C=N–C) groups is 1. The van der Waals surface area contributed by atoms with E-state index in [2.05, 4.69) is 47.7 Å². The van der Waals surface area contributed by atoms with Crippen LogP contribution < -0.4 is 10.6 Å². The molecule has 0 radical (unpaired) electrons. The normalized spacial score (nSPS) is 24.0. The summed E-state index contributed by atoms with van der Waals surface area (Å²) in [6, 6.07) is 8.75. The van der Waals surface area contributed by atoms with E-state index in [0.717, 1.165) is 43.1 Å². The lowest BCUT2D eigenvalue weighted by Crippen LogP contribution is -2.45. The van der Waals surface area contributed by atoms with E-state index in [0.29, 0.717) is 12.0 Å². The zero-order valence-corrected chi connectivity index (χ0v) is 19.0. The molecule has 2 N–H and O–H groups in total. The standard InChI is InChI=1S/C20H31ClN4.HI/c1-3-22-20(23-13-15-9-10-15)24-14-17-7-5-11-25(2)19(17)16-6-4-8-18(21)12-16;/h4,6,8,12,15,17,19H,3,5,7,9-11,13-14H2,1-2H3,(H2,22,23,24);1H. The summed E-state index contributed by atoms with van der Waals surface area (Å²) in [5.74, 6) is 2.34. The molecule has 2 fully saturated rings. The van der Waals surface area contributed by atoms with Gasteiger partial charge in [-0.3, -0.25) is 9.89 Å². The lowest BCUT2D eigenvalue weighted by Gasteiger charge is -2.40. The molecule has 0 spiro atoms. The van der Waals surface area contributed by atoms with Crippen molar-refractivity contribution >= 4 is 41.5 Å². The highest BCUT2D eigenvalue weighted by Crippen LogP contribution is 2.35. The highest BCUT2D eigenvalue weighted by Gasteiger charge is 2.30. The first kappa shape index (κ1) is 21.8. The Hall–Kier alpha value is -0.530. The van der Waals surface area contributed by atoms with E-state index in [1.54, 1.807) is 0 Å². The predicted molar refractivity (Wildman–Crippen MR) is 122 cm³/mol. The van der Waals surface area contributed by atoms with Crippen LogP contribution in [0.15, 0.2) is 29.3 Å². The minimum Gasteiger partial charge on any atom is -0.357 e. The number of likely N-dealkylation sites (tertiary alicyclic amines) is 1. The van der Waals surface area contributed by atoms with Gasteiger partial charge in [0.15, 0.2) is 5.96 Å². The summed E-state index contributed by atoms with van der Waals surface area (Å²) in [6.45, 7) is 6.06. The van der Waals surface area contributed by atoms with Gasteiger partial charge in [-0.25, -0.2) is 0 Å². The van der Waals surface area contributed by atoms with E-state index in [9.17, 15) is 0 Å². The van der Waals surface area contributed by atoms with Gasteiger partial charge in [0.2, 0.25) is 0 Å². The van der Waals surface area contributed by atoms with Crippen LogP contribution in [0.3, 0.4) is 0 Å². The molecule has 1 saturated carbocycles. The van der Waals surface area contributed by atoms with Crippen LogP contribution in [0.2, 0.25) is 5.02 Å². The van der Waals surface area contributed by atoms with Gasteiger partial charge in [-0.2, -0.15) is 0 Å². The van der Waals surface area contributed by atoms with E-state index >= 15 is 0 Å². The number of benzene rings is 1. The van der Waals surface area contributed by atoms with Crippen molar-refractivity contribution in [2.75, 3.05) is 33.2 Å². The molecule has 0 aromatic heterocycles. The van der Waals surface area contributed by atoms with Gasteiger partial charge in [-0.1, -0.05) is 23.7 Å². The fourth-order valence-corrected chi connectivity index (χ4v) is 3.98. The molecule has 146 valence electrons. The molecule has 1 heterocycles. The minimum atomic E-state index is 0. The largest absolute Gasteiger partial charge is 0.357 e. The Labute approximate surface area is 180 Å². The molecule has 1 aromatic rings. The van der Waals surface area contributed by atoms with E-state index in [1.807, 2.05) is 6.07 Å². The average Bonchev–Trinajstić information content (AvgIpc) is 3.42. The van der Waals surface area contributed by atoms with E-state index in [4.69, 9.17) is 16.6 Å². The zero-order valence-electron chi connectivity index (χ0n) is 15.9. The topological polar surface area (TPSA) is 39.7 Å². The zero-order chi connectivity index (χ0) is 17.6. The fourth-order valence-electron chi connectivity index (χ4n) is 3.78. The van der Waals surface area contributed by atoms with Crippen molar-refractivity contribution in [2.24, 2.45) is 16.8 Å². The average molecular weight is 491 g/mol. The number of nitrogens with one attached hydrogen (secondary N) is 2.